The van der Waals surface area contributed by atoms with Crippen LogP contribution in [-0.4, -0.2) is 6.18 Å². The molecule has 0 heterocycles. The fourth-order valence-corrected chi connectivity index (χ4v) is 0.767. The average Bonchev–Trinajstić information content (AvgIpc) is 1.61. The van der Waals surface area contributed by atoms with E-state index >= 15 is 0 Å². The van der Waals surface area contributed by atoms with E-state index in [1.807, 2.05) is 0 Å². The molecule has 0 aliphatic heterocycles. The van der Waals surface area contributed by atoms with Crippen LogP contribution in [0.15, 0.2) is 0 Å². The number of hydrogen-bond donors (Lipinski definition) is 0. The van der Waals surface area contributed by atoms with Crippen molar-refractivity contribution in [2.75, 3.05) is 0 Å². The first kappa shape index (κ1) is 9.79. The third-order valence-corrected chi connectivity index (χ3v) is 1.64. The molecule has 0 aromatic carbocycles. The van der Waals surface area contributed by atoms with Gasteiger partial charge in [0.25, 0.3) is 0 Å². The van der Waals surface area contributed by atoms with Crippen molar-refractivity contribution in [3.05, 3.63) is 0 Å². The van der Waals surface area contributed by atoms with Crippen molar-refractivity contribution in [1.29, 1.82) is 0 Å². The first-order chi connectivity index (χ1) is 4.31. The summed E-state index contributed by atoms with van der Waals surface area (Å²) in [6.45, 7) is 4.22. The summed E-state index contributed by atoms with van der Waals surface area (Å²) in [5.74, 6) is 0. The molecule has 0 aromatic heterocycles. The van der Waals surface area contributed by atoms with Crippen molar-refractivity contribution in [3.8, 4) is 0 Å². The first-order valence-electron chi connectivity index (χ1n) is 3.38. The Labute approximate surface area is 59.4 Å². The van der Waals surface area contributed by atoms with E-state index in [0.29, 0.717) is 6.42 Å². The zero-order valence-corrected chi connectivity index (χ0v) is 6.55. The molecular formula is C7H13F3. The standard InChI is InChI=1S/C7H13F3/c1-4-5-6(2,3)7(8,9)10/h4-5H2,1-3H3. The van der Waals surface area contributed by atoms with E-state index in [-0.39, 0.29) is 6.42 Å². The maximum absolute atomic E-state index is 12.0. The number of hydrogen-bond acceptors (Lipinski definition) is 0. The second-order valence-corrected chi connectivity index (χ2v) is 3.13. The van der Waals surface area contributed by atoms with Gasteiger partial charge in [-0.25, -0.2) is 0 Å². The van der Waals surface area contributed by atoms with Gasteiger partial charge in [0, 0.05) is 0 Å². The van der Waals surface area contributed by atoms with E-state index in [9.17, 15) is 13.2 Å². The van der Waals surface area contributed by atoms with Gasteiger partial charge in [-0.2, -0.15) is 13.2 Å². The van der Waals surface area contributed by atoms with Gasteiger partial charge < -0.3 is 0 Å². The first-order valence-corrected chi connectivity index (χ1v) is 3.38. The van der Waals surface area contributed by atoms with Crippen LogP contribution in [-0.2, 0) is 0 Å². The van der Waals surface area contributed by atoms with Crippen LogP contribution in [0.3, 0.4) is 0 Å². The van der Waals surface area contributed by atoms with E-state index in [1.165, 1.54) is 13.8 Å². The Morgan fingerprint density at radius 2 is 1.50 bits per heavy atom. The fourth-order valence-electron chi connectivity index (χ4n) is 0.767. The minimum absolute atomic E-state index is 0.205. The average molecular weight is 154 g/mol. The van der Waals surface area contributed by atoms with Crippen molar-refractivity contribution in [2.24, 2.45) is 5.41 Å². The minimum Gasteiger partial charge on any atom is -0.171 e. The van der Waals surface area contributed by atoms with Crippen molar-refractivity contribution >= 4 is 0 Å². The molecular weight excluding hydrogens is 141 g/mol. The predicted molar refractivity (Wildman–Crippen MR) is 34.7 cm³/mol. The summed E-state index contributed by atoms with van der Waals surface area (Å²) in [6, 6.07) is 0. The van der Waals surface area contributed by atoms with Gasteiger partial charge in [0.2, 0.25) is 0 Å². The number of alkyl halides is 3. The van der Waals surface area contributed by atoms with Gasteiger partial charge in [0.1, 0.15) is 0 Å². The molecule has 0 rings (SSSR count). The molecule has 0 atom stereocenters. The van der Waals surface area contributed by atoms with Gasteiger partial charge in [-0.05, 0) is 6.42 Å². The SMILES string of the molecule is CCCC(C)(C)C(F)(F)F. The van der Waals surface area contributed by atoms with E-state index in [2.05, 4.69) is 0 Å². The maximum atomic E-state index is 12.0. The van der Waals surface area contributed by atoms with E-state index in [4.69, 9.17) is 0 Å². The lowest BCUT2D eigenvalue weighted by molar-refractivity contribution is -0.213. The highest BCUT2D eigenvalue weighted by Crippen LogP contribution is 2.40. The van der Waals surface area contributed by atoms with Crippen molar-refractivity contribution in [2.45, 2.75) is 39.8 Å². The van der Waals surface area contributed by atoms with Crippen LogP contribution < -0.4 is 0 Å². The van der Waals surface area contributed by atoms with Gasteiger partial charge >= 0.3 is 6.18 Å². The molecule has 0 nitrogen and oxygen atoms in total. The summed E-state index contributed by atoms with van der Waals surface area (Å²) in [4.78, 5) is 0. The zero-order chi connectivity index (χ0) is 8.41. The molecule has 0 aromatic rings. The quantitative estimate of drug-likeness (QED) is 0.572. The van der Waals surface area contributed by atoms with Gasteiger partial charge in [0.05, 0.1) is 5.41 Å². The Morgan fingerprint density at radius 1 is 1.10 bits per heavy atom. The Hall–Kier alpha value is -0.210. The van der Waals surface area contributed by atoms with Crippen LogP contribution in [0.25, 0.3) is 0 Å². The molecule has 0 radical (unpaired) electrons. The second kappa shape index (κ2) is 2.81. The van der Waals surface area contributed by atoms with Gasteiger partial charge in [-0.3, -0.25) is 0 Å². The monoisotopic (exact) mass is 154 g/mol. The van der Waals surface area contributed by atoms with E-state index in [1.54, 1.807) is 6.92 Å². The predicted octanol–water partition coefficient (Wildman–Crippen LogP) is 3.38. The lowest BCUT2D eigenvalue weighted by atomic mass is 9.87. The van der Waals surface area contributed by atoms with Crippen molar-refractivity contribution in [3.63, 3.8) is 0 Å². The Bertz CT molecular complexity index is 102. The third-order valence-electron chi connectivity index (χ3n) is 1.64. The molecule has 0 bridgehead atoms. The molecule has 0 aliphatic carbocycles. The lowest BCUT2D eigenvalue weighted by Crippen LogP contribution is -2.31. The molecule has 0 saturated heterocycles. The summed E-state index contributed by atoms with van der Waals surface area (Å²) in [6.07, 6.45) is -3.27. The van der Waals surface area contributed by atoms with Gasteiger partial charge in [-0.1, -0.05) is 27.2 Å². The van der Waals surface area contributed by atoms with Crippen LogP contribution in [0.5, 0.6) is 0 Å². The topological polar surface area (TPSA) is 0 Å². The normalized spacial score (nSPS) is 13.8. The molecule has 0 saturated carbocycles. The Balaban J connectivity index is 4.10. The Kier molecular flexibility index (Phi) is 2.75. The molecule has 62 valence electrons. The molecule has 0 amide bonds. The zero-order valence-electron chi connectivity index (χ0n) is 6.55. The molecule has 3 heteroatoms. The Morgan fingerprint density at radius 3 is 1.60 bits per heavy atom. The smallest absolute Gasteiger partial charge is 0.171 e. The maximum Gasteiger partial charge on any atom is 0.393 e. The molecule has 0 spiro atoms. The summed E-state index contributed by atoms with van der Waals surface area (Å²) in [5.41, 5.74) is -1.51. The number of rotatable bonds is 2. The van der Waals surface area contributed by atoms with Crippen molar-refractivity contribution in [1.82, 2.24) is 0 Å². The molecule has 0 aliphatic rings. The van der Waals surface area contributed by atoms with Crippen molar-refractivity contribution < 1.29 is 13.2 Å². The van der Waals surface area contributed by atoms with Crippen LogP contribution in [0.4, 0.5) is 13.2 Å². The minimum atomic E-state index is -4.05. The largest absolute Gasteiger partial charge is 0.393 e. The van der Waals surface area contributed by atoms with Crippen LogP contribution in [0, 0.1) is 5.41 Å². The van der Waals surface area contributed by atoms with Crippen LogP contribution >= 0.6 is 0 Å². The highest BCUT2D eigenvalue weighted by Gasteiger charge is 2.45. The lowest BCUT2D eigenvalue weighted by Gasteiger charge is -2.26. The molecule has 0 N–H and O–H groups in total. The number of halogens is 3. The van der Waals surface area contributed by atoms with Crippen LogP contribution in [0.2, 0.25) is 0 Å². The summed E-state index contributed by atoms with van der Waals surface area (Å²) >= 11 is 0. The summed E-state index contributed by atoms with van der Waals surface area (Å²) in [5, 5.41) is 0. The molecule has 0 unspecified atom stereocenters. The second-order valence-electron chi connectivity index (χ2n) is 3.13. The summed E-state index contributed by atoms with van der Waals surface area (Å²) < 4.78 is 36.1. The summed E-state index contributed by atoms with van der Waals surface area (Å²) in [7, 11) is 0. The van der Waals surface area contributed by atoms with Gasteiger partial charge in [0.15, 0.2) is 0 Å². The molecule has 0 fully saturated rings. The highest BCUT2D eigenvalue weighted by molar-refractivity contribution is 4.75. The third kappa shape index (κ3) is 2.20. The van der Waals surface area contributed by atoms with E-state index in [0.717, 1.165) is 0 Å². The highest BCUT2D eigenvalue weighted by atomic mass is 19.4. The van der Waals surface area contributed by atoms with Crippen LogP contribution in [0.1, 0.15) is 33.6 Å². The van der Waals surface area contributed by atoms with E-state index < -0.39 is 11.6 Å². The fraction of sp³-hybridized carbons (Fsp3) is 1.00. The molecule has 10 heavy (non-hydrogen) atoms. The van der Waals surface area contributed by atoms with Gasteiger partial charge in [-0.15, -0.1) is 0 Å².